The highest BCUT2D eigenvalue weighted by molar-refractivity contribution is 6.43. The van der Waals surface area contributed by atoms with E-state index in [-0.39, 0.29) is 0 Å². The Hall–Kier alpha value is -2.62. The van der Waals surface area contributed by atoms with Gasteiger partial charge in [-0.2, -0.15) is 0 Å². The van der Waals surface area contributed by atoms with Gasteiger partial charge in [-0.3, -0.25) is 9.59 Å². The van der Waals surface area contributed by atoms with Crippen LogP contribution in [-0.4, -0.2) is 11.8 Å². The van der Waals surface area contributed by atoms with Gasteiger partial charge < -0.3 is 10.6 Å². The highest BCUT2D eigenvalue weighted by Crippen LogP contribution is 2.22. The molecule has 2 amide bonds. The Morgan fingerprint density at radius 3 is 2.00 bits per heavy atom. The van der Waals surface area contributed by atoms with Crippen LogP contribution >= 0.6 is 0 Å². The summed E-state index contributed by atoms with van der Waals surface area (Å²) < 4.78 is 0. The van der Waals surface area contributed by atoms with Crippen LogP contribution in [0.1, 0.15) is 30.5 Å². The number of amides is 2. The number of para-hydroxylation sites is 1. The van der Waals surface area contributed by atoms with Crippen molar-refractivity contribution in [2.24, 2.45) is 0 Å². The van der Waals surface area contributed by atoms with Crippen LogP contribution in [0.25, 0.3) is 0 Å². The van der Waals surface area contributed by atoms with Crippen molar-refractivity contribution in [1.82, 2.24) is 0 Å². The first-order chi connectivity index (χ1) is 11.0. The minimum absolute atomic E-state index is 0.615. The number of hydrogen-bond donors (Lipinski definition) is 2. The van der Waals surface area contributed by atoms with Crippen LogP contribution in [0.15, 0.2) is 42.5 Å². The molecule has 0 unspecified atom stereocenters. The monoisotopic (exact) mass is 310 g/mol. The summed E-state index contributed by atoms with van der Waals surface area (Å²) >= 11 is 0. The molecule has 120 valence electrons. The summed E-state index contributed by atoms with van der Waals surface area (Å²) in [6.07, 6.45) is 1.59. The van der Waals surface area contributed by atoms with Crippen molar-refractivity contribution in [3.05, 3.63) is 59.2 Å². The molecule has 0 bridgehead atoms. The summed E-state index contributed by atoms with van der Waals surface area (Å²) in [5.74, 6) is -1.31. The van der Waals surface area contributed by atoms with Gasteiger partial charge in [0.25, 0.3) is 0 Å². The number of aryl methyl sites for hydroxylation is 3. The van der Waals surface area contributed by atoms with Crippen molar-refractivity contribution in [3.63, 3.8) is 0 Å². The summed E-state index contributed by atoms with van der Waals surface area (Å²) in [5, 5.41) is 5.39. The molecule has 2 aromatic carbocycles. The smallest absolute Gasteiger partial charge is 0.314 e. The van der Waals surface area contributed by atoms with Crippen molar-refractivity contribution in [1.29, 1.82) is 0 Å². The Morgan fingerprint density at radius 2 is 1.43 bits per heavy atom. The van der Waals surface area contributed by atoms with E-state index in [9.17, 15) is 9.59 Å². The van der Waals surface area contributed by atoms with E-state index in [1.54, 1.807) is 6.07 Å². The van der Waals surface area contributed by atoms with E-state index >= 15 is 0 Å². The van der Waals surface area contributed by atoms with E-state index in [1.807, 2.05) is 57.2 Å². The van der Waals surface area contributed by atoms with Crippen LogP contribution in [0.5, 0.6) is 0 Å². The maximum absolute atomic E-state index is 12.2. The zero-order valence-electron chi connectivity index (χ0n) is 13.8. The van der Waals surface area contributed by atoms with Crippen LogP contribution in [0.3, 0.4) is 0 Å². The molecule has 2 rings (SSSR count). The van der Waals surface area contributed by atoms with Gasteiger partial charge in [0.2, 0.25) is 0 Å². The second-order valence-electron chi connectivity index (χ2n) is 5.44. The normalized spacial score (nSPS) is 10.2. The predicted octanol–water partition coefficient (Wildman–Crippen LogP) is 3.70. The zero-order chi connectivity index (χ0) is 16.8. The van der Waals surface area contributed by atoms with Crippen LogP contribution in [0.4, 0.5) is 11.4 Å². The van der Waals surface area contributed by atoms with Gasteiger partial charge in [0, 0.05) is 11.4 Å². The molecule has 4 heteroatoms. The Morgan fingerprint density at radius 1 is 0.870 bits per heavy atom. The standard InChI is InChI=1S/C19H22N2O2/c1-4-14-9-7-10-15(5-2)17(14)21-19(23)18(22)20-16-11-6-8-13(3)12-16/h6-12H,4-5H2,1-3H3,(H,20,22)(H,21,23). The van der Waals surface area contributed by atoms with Gasteiger partial charge in [0.1, 0.15) is 0 Å². The molecule has 0 saturated carbocycles. The molecule has 0 aliphatic rings. The van der Waals surface area contributed by atoms with Crippen molar-refractivity contribution in [2.45, 2.75) is 33.6 Å². The highest BCUT2D eigenvalue weighted by Gasteiger charge is 2.17. The molecular weight excluding hydrogens is 288 g/mol. The maximum atomic E-state index is 12.2. The quantitative estimate of drug-likeness (QED) is 0.846. The zero-order valence-corrected chi connectivity index (χ0v) is 13.8. The number of carbonyl (C=O) groups excluding carboxylic acids is 2. The third-order valence-electron chi connectivity index (χ3n) is 3.72. The molecule has 0 aliphatic heterocycles. The summed E-state index contributed by atoms with van der Waals surface area (Å²) in [6.45, 7) is 5.98. The molecule has 2 N–H and O–H groups in total. The third-order valence-corrected chi connectivity index (χ3v) is 3.72. The lowest BCUT2D eigenvalue weighted by molar-refractivity contribution is -0.133. The van der Waals surface area contributed by atoms with Crippen molar-refractivity contribution < 1.29 is 9.59 Å². The Bertz CT molecular complexity index is 701. The summed E-state index contributed by atoms with van der Waals surface area (Å²) in [5.41, 5.74) is 4.45. The van der Waals surface area contributed by atoms with Crippen molar-refractivity contribution in [2.75, 3.05) is 10.6 Å². The fourth-order valence-electron chi connectivity index (χ4n) is 2.48. The van der Waals surface area contributed by atoms with Crippen LogP contribution in [-0.2, 0) is 22.4 Å². The van der Waals surface area contributed by atoms with E-state index < -0.39 is 11.8 Å². The first-order valence-corrected chi connectivity index (χ1v) is 7.84. The molecule has 0 saturated heterocycles. The van der Waals surface area contributed by atoms with Gasteiger partial charge in [-0.25, -0.2) is 0 Å². The van der Waals surface area contributed by atoms with Gasteiger partial charge >= 0.3 is 11.8 Å². The molecule has 23 heavy (non-hydrogen) atoms. The van der Waals surface area contributed by atoms with Gasteiger partial charge in [0.05, 0.1) is 0 Å². The van der Waals surface area contributed by atoms with Gasteiger partial charge in [-0.1, -0.05) is 44.2 Å². The Balaban J connectivity index is 2.14. The predicted molar refractivity (Wildman–Crippen MR) is 93.6 cm³/mol. The average molecular weight is 310 g/mol. The second kappa shape index (κ2) is 7.58. The molecule has 0 fully saturated rings. The van der Waals surface area contributed by atoms with Gasteiger partial charge in [-0.05, 0) is 48.6 Å². The van der Waals surface area contributed by atoms with Gasteiger partial charge in [-0.15, -0.1) is 0 Å². The first kappa shape index (κ1) is 16.7. The lowest BCUT2D eigenvalue weighted by Crippen LogP contribution is -2.29. The molecule has 2 aromatic rings. The summed E-state index contributed by atoms with van der Waals surface area (Å²) in [7, 11) is 0. The molecule has 0 radical (unpaired) electrons. The molecule has 0 heterocycles. The maximum Gasteiger partial charge on any atom is 0.314 e. The second-order valence-corrected chi connectivity index (χ2v) is 5.44. The third kappa shape index (κ3) is 4.19. The molecular formula is C19H22N2O2. The van der Waals surface area contributed by atoms with Crippen LogP contribution in [0, 0.1) is 6.92 Å². The summed E-state index contributed by atoms with van der Waals surface area (Å²) in [6, 6.07) is 13.3. The lowest BCUT2D eigenvalue weighted by Gasteiger charge is -2.14. The van der Waals surface area contributed by atoms with E-state index in [4.69, 9.17) is 0 Å². The average Bonchev–Trinajstić information content (AvgIpc) is 2.54. The molecule has 0 aliphatic carbocycles. The topological polar surface area (TPSA) is 58.2 Å². The van der Waals surface area contributed by atoms with E-state index in [1.165, 1.54) is 0 Å². The Kier molecular flexibility index (Phi) is 5.52. The fourth-order valence-corrected chi connectivity index (χ4v) is 2.48. The van der Waals surface area contributed by atoms with E-state index in [2.05, 4.69) is 10.6 Å². The minimum Gasteiger partial charge on any atom is -0.318 e. The number of hydrogen-bond acceptors (Lipinski definition) is 2. The number of rotatable bonds is 4. The largest absolute Gasteiger partial charge is 0.318 e. The first-order valence-electron chi connectivity index (χ1n) is 7.84. The van der Waals surface area contributed by atoms with Crippen molar-refractivity contribution >= 4 is 23.2 Å². The van der Waals surface area contributed by atoms with Crippen LogP contribution in [0.2, 0.25) is 0 Å². The molecule has 0 spiro atoms. The lowest BCUT2D eigenvalue weighted by atomic mass is 10.0. The number of carbonyl (C=O) groups is 2. The minimum atomic E-state index is -0.663. The summed E-state index contributed by atoms with van der Waals surface area (Å²) in [4.78, 5) is 24.3. The van der Waals surface area contributed by atoms with E-state index in [0.717, 1.165) is 35.2 Å². The fraction of sp³-hybridized carbons (Fsp3) is 0.263. The Labute approximate surface area is 136 Å². The molecule has 4 nitrogen and oxygen atoms in total. The van der Waals surface area contributed by atoms with Gasteiger partial charge in [0.15, 0.2) is 0 Å². The number of anilines is 2. The molecule has 0 aromatic heterocycles. The number of benzene rings is 2. The highest BCUT2D eigenvalue weighted by atomic mass is 16.2. The van der Waals surface area contributed by atoms with Crippen molar-refractivity contribution in [3.8, 4) is 0 Å². The van der Waals surface area contributed by atoms with E-state index in [0.29, 0.717) is 5.69 Å². The van der Waals surface area contributed by atoms with Crippen LogP contribution < -0.4 is 10.6 Å². The molecule has 0 atom stereocenters. The number of nitrogens with one attached hydrogen (secondary N) is 2. The SMILES string of the molecule is CCc1cccc(CC)c1NC(=O)C(=O)Nc1cccc(C)c1.